The minimum absolute atomic E-state index is 0.0334. The van der Waals surface area contributed by atoms with Gasteiger partial charge in [0.05, 0.1) is 4.90 Å². The first kappa shape index (κ1) is 12.8. The maximum Gasteiger partial charge on any atom is 0.196 e. The van der Waals surface area contributed by atoms with Crippen molar-refractivity contribution >= 4 is 9.84 Å². The van der Waals surface area contributed by atoms with Gasteiger partial charge in [-0.05, 0) is 19.1 Å². The van der Waals surface area contributed by atoms with Crippen LogP contribution in [0.5, 0.6) is 0 Å². The molecule has 0 N–H and O–H groups in total. The van der Waals surface area contributed by atoms with Gasteiger partial charge in [0, 0.05) is 12.1 Å². The van der Waals surface area contributed by atoms with Crippen LogP contribution in [-0.4, -0.2) is 8.42 Å². The first-order valence-corrected chi connectivity index (χ1v) is 7.54. The van der Waals surface area contributed by atoms with E-state index in [1.165, 1.54) is 0 Å². The highest BCUT2D eigenvalue weighted by atomic mass is 32.2. The molecule has 18 heavy (non-hydrogen) atoms. The molecule has 0 fully saturated rings. The number of aromatic nitrogens is 1. The van der Waals surface area contributed by atoms with Gasteiger partial charge in [0.1, 0.15) is 12.3 Å². The molecule has 0 aliphatic heterocycles. The van der Waals surface area contributed by atoms with Gasteiger partial charge in [-0.2, -0.15) is 0 Å². The van der Waals surface area contributed by atoms with Gasteiger partial charge in [0.25, 0.3) is 0 Å². The van der Waals surface area contributed by atoms with Crippen LogP contribution >= 0.6 is 0 Å². The lowest BCUT2D eigenvalue weighted by Gasteiger charge is -2.04. The van der Waals surface area contributed by atoms with Crippen molar-refractivity contribution in [2.75, 3.05) is 0 Å². The number of pyridine rings is 1. The van der Waals surface area contributed by atoms with E-state index in [4.69, 9.17) is 0 Å². The number of rotatable bonds is 4. The van der Waals surface area contributed by atoms with Crippen LogP contribution in [0, 0.1) is 0 Å². The SMILES string of the molecule is CC[n+]1ccccc1CS(=O)(=O)c1ccccc1. The zero-order valence-electron chi connectivity index (χ0n) is 10.3. The molecule has 94 valence electrons. The Bertz CT molecular complexity index is 621. The maximum atomic E-state index is 12.3. The Labute approximate surface area is 108 Å². The minimum atomic E-state index is -3.27. The predicted octanol–water partition coefficient (Wildman–Crippen LogP) is 1.97. The molecule has 0 saturated heterocycles. The molecular formula is C14H16NO2S+. The van der Waals surface area contributed by atoms with Gasteiger partial charge in [-0.1, -0.05) is 24.3 Å². The van der Waals surface area contributed by atoms with Gasteiger partial charge < -0.3 is 0 Å². The Kier molecular flexibility index (Phi) is 3.77. The van der Waals surface area contributed by atoms with Gasteiger partial charge in [-0.15, -0.1) is 0 Å². The first-order valence-electron chi connectivity index (χ1n) is 5.88. The van der Waals surface area contributed by atoms with Gasteiger partial charge in [-0.25, -0.2) is 13.0 Å². The minimum Gasteiger partial charge on any atom is -0.223 e. The van der Waals surface area contributed by atoms with Gasteiger partial charge >= 0.3 is 0 Å². The molecule has 4 heteroatoms. The summed E-state index contributed by atoms with van der Waals surface area (Å²) < 4.78 is 26.5. The molecule has 2 rings (SSSR count). The molecular weight excluding hydrogens is 246 g/mol. The van der Waals surface area contributed by atoms with Crippen molar-refractivity contribution in [1.82, 2.24) is 0 Å². The van der Waals surface area contributed by atoms with Crippen molar-refractivity contribution in [2.24, 2.45) is 0 Å². The fourth-order valence-corrected chi connectivity index (χ4v) is 3.25. The summed E-state index contributed by atoms with van der Waals surface area (Å²) >= 11 is 0. The topological polar surface area (TPSA) is 38.0 Å². The molecule has 0 radical (unpaired) electrons. The van der Waals surface area contributed by atoms with Crippen LogP contribution in [0.3, 0.4) is 0 Å². The predicted molar refractivity (Wildman–Crippen MR) is 69.6 cm³/mol. The van der Waals surface area contributed by atoms with Crippen LogP contribution in [-0.2, 0) is 22.1 Å². The second-order valence-electron chi connectivity index (χ2n) is 4.05. The standard InChI is InChI=1S/C14H16NO2S/c1-2-15-11-7-6-8-13(15)12-18(16,17)14-9-4-3-5-10-14/h3-11H,2,12H2,1H3/q+1. The van der Waals surface area contributed by atoms with E-state index in [2.05, 4.69) is 0 Å². The Balaban J connectivity index is 2.34. The molecule has 0 aliphatic carbocycles. The Morgan fingerprint density at radius 3 is 2.33 bits per heavy atom. The summed E-state index contributed by atoms with van der Waals surface area (Å²) in [7, 11) is -3.27. The number of aryl methyl sites for hydroxylation is 1. The smallest absolute Gasteiger partial charge is 0.196 e. The molecule has 0 amide bonds. The fourth-order valence-electron chi connectivity index (χ4n) is 1.86. The fraction of sp³-hybridized carbons (Fsp3) is 0.214. The third-order valence-corrected chi connectivity index (χ3v) is 4.48. The third kappa shape index (κ3) is 2.76. The van der Waals surface area contributed by atoms with E-state index in [9.17, 15) is 8.42 Å². The summed E-state index contributed by atoms with van der Waals surface area (Å²) in [6.45, 7) is 2.76. The van der Waals surface area contributed by atoms with Crippen LogP contribution < -0.4 is 4.57 Å². The molecule has 1 heterocycles. The first-order chi connectivity index (χ1) is 8.63. The van der Waals surface area contributed by atoms with E-state index >= 15 is 0 Å². The molecule has 1 aromatic carbocycles. The van der Waals surface area contributed by atoms with Crippen LogP contribution in [0.4, 0.5) is 0 Å². The molecule has 0 unspecified atom stereocenters. The zero-order valence-corrected chi connectivity index (χ0v) is 11.1. The Hall–Kier alpha value is -1.68. The molecule has 1 aromatic heterocycles. The summed E-state index contributed by atoms with van der Waals surface area (Å²) in [5.74, 6) is 0.0334. The van der Waals surface area contributed by atoms with E-state index in [0.29, 0.717) is 4.90 Å². The highest BCUT2D eigenvalue weighted by Crippen LogP contribution is 2.13. The maximum absolute atomic E-state index is 12.3. The van der Waals surface area contributed by atoms with Gasteiger partial charge in [-0.3, -0.25) is 0 Å². The number of hydrogen-bond acceptors (Lipinski definition) is 2. The molecule has 0 aliphatic rings. The molecule has 0 atom stereocenters. The average molecular weight is 262 g/mol. The molecule has 2 aromatic rings. The molecule has 0 bridgehead atoms. The Morgan fingerprint density at radius 1 is 1.00 bits per heavy atom. The average Bonchev–Trinajstić information content (AvgIpc) is 2.40. The highest BCUT2D eigenvalue weighted by Gasteiger charge is 2.20. The van der Waals surface area contributed by atoms with E-state index in [0.717, 1.165) is 12.2 Å². The largest absolute Gasteiger partial charge is 0.223 e. The third-order valence-electron chi connectivity index (χ3n) is 2.82. The van der Waals surface area contributed by atoms with Crippen LogP contribution in [0.15, 0.2) is 59.6 Å². The molecule has 3 nitrogen and oxygen atoms in total. The summed E-state index contributed by atoms with van der Waals surface area (Å²) in [6, 6.07) is 14.2. The van der Waals surface area contributed by atoms with Crippen LogP contribution in [0.1, 0.15) is 12.6 Å². The second-order valence-corrected chi connectivity index (χ2v) is 6.04. The Morgan fingerprint density at radius 2 is 1.67 bits per heavy atom. The van der Waals surface area contributed by atoms with Crippen LogP contribution in [0.25, 0.3) is 0 Å². The lowest BCUT2D eigenvalue weighted by molar-refractivity contribution is -0.699. The van der Waals surface area contributed by atoms with Crippen molar-refractivity contribution in [3.05, 3.63) is 60.4 Å². The monoisotopic (exact) mass is 262 g/mol. The van der Waals surface area contributed by atoms with Crippen molar-refractivity contribution in [1.29, 1.82) is 0 Å². The number of benzene rings is 1. The van der Waals surface area contributed by atoms with Crippen molar-refractivity contribution in [3.63, 3.8) is 0 Å². The number of nitrogens with zero attached hydrogens (tertiary/aromatic N) is 1. The van der Waals surface area contributed by atoms with Crippen molar-refractivity contribution in [3.8, 4) is 0 Å². The van der Waals surface area contributed by atoms with Crippen LogP contribution in [0.2, 0.25) is 0 Å². The summed E-state index contributed by atoms with van der Waals surface area (Å²) in [5.41, 5.74) is 0.809. The van der Waals surface area contributed by atoms with E-state index < -0.39 is 9.84 Å². The van der Waals surface area contributed by atoms with E-state index in [-0.39, 0.29) is 5.75 Å². The molecule has 0 spiro atoms. The number of hydrogen-bond donors (Lipinski definition) is 0. The lowest BCUT2D eigenvalue weighted by Crippen LogP contribution is -2.37. The van der Waals surface area contributed by atoms with Gasteiger partial charge in [0.15, 0.2) is 21.7 Å². The van der Waals surface area contributed by atoms with Crippen molar-refractivity contribution < 1.29 is 13.0 Å². The van der Waals surface area contributed by atoms with Gasteiger partial charge in [0.2, 0.25) is 0 Å². The highest BCUT2D eigenvalue weighted by molar-refractivity contribution is 7.90. The quantitative estimate of drug-likeness (QED) is 0.790. The summed E-state index contributed by atoms with van der Waals surface area (Å²) in [5, 5.41) is 0. The number of sulfone groups is 1. The van der Waals surface area contributed by atoms with Crippen molar-refractivity contribution in [2.45, 2.75) is 24.1 Å². The van der Waals surface area contributed by atoms with E-state index in [1.807, 2.05) is 42.0 Å². The normalized spacial score (nSPS) is 11.4. The lowest BCUT2D eigenvalue weighted by atomic mass is 10.3. The summed E-state index contributed by atoms with van der Waals surface area (Å²) in [6.07, 6.45) is 1.90. The second kappa shape index (κ2) is 5.31. The summed E-state index contributed by atoms with van der Waals surface area (Å²) in [4.78, 5) is 0.372. The zero-order chi connectivity index (χ0) is 13.0. The molecule has 0 saturated carbocycles. The van der Waals surface area contributed by atoms with E-state index in [1.54, 1.807) is 24.3 Å².